The van der Waals surface area contributed by atoms with Crippen LogP contribution < -0.4 is 5.32 Å². The molecule has 1 aliphatic rings. The molecule has 1 aromatic heterocycles. The minimum absolute atomic E-state index is 0.108. The number of nitrogens with zero attached hydrogens (tertiary/aromatic N) is 1. The Labute approximate surface area is 144 Å². The molecule has 0 spiro atoms. The third-order valence-electron chi connectivity index (χ3n) is 3.70. The Kier molecular flexibility index (Phi) is 4.52. The second-order valence-electron chi connectivity index (χ2n) is 5.37. The van der Waals surface area contributed by atoms with Crippen molar-refractivity contribution < 1.29 is 22.0 Å². The Bertz CT molecular complexity index is 810. The van der Waals surface area contributed by atoms with Crippen LogP contribution in [-0.2, 0) is 0 Å². The third-order valence-corrected chi connectivity index (χ3v) is 4.65. The van der Waals surface area contributed by atoms with Gasteiger partial charge in [-0.25, -0.2) is 4.98 Å². The molecular weight excluding hydrogens is 361 g/mol. The summed E-state index contributed by atoms with van der Waals surface area (Å²) in [5.74, 6) is -3.38. The summed E-state index contributed by atoms with van der Waals surface area (Å²) in [7, 11) is 0. The van der Waals surface area contributed by atoms with E-state index in [1.54, 1.807) is 11.8 Å². The minimum atomic E-state index is -5.63. The van der Waals surface area contributed by atoms with Gasteiger partial charge in [0.1, 0.15) is 5.82 Å². The third kappa shape index (κ3) is 3.24. The number of H-pyrrole nitrogens is 1. The Hall–Kier alpha value is -2.03. The summed E-state index contributed by atoms with van der Waals surface area (Å²) < 4.78 is 64.7. The van der Waals surface area contributed by atoms with Crippen LogP contribution in [0.15, 0.2) is 34.7 Å². The number of imidazole rings is 1. The molecule has 1 aromatic carbocycles. The second-order valence-corrected chi connectivity index (χ2v) is 6.68. The average molecular weight is 375 g/mol. The molecule has 0 aliphatic carbocycles. The Morgan fingerprint density at radius 1 is 1.16 bits per heavy atom. The van der Waals surface area contributed by atoms with Crippen LogP contribution in [0.3, 0.4) is 0 Å². The summed E-state index contributed by atoms with van der Waals surface area (Å²) in [6, 6.07) is 7.39. The van der Waals surface area contributed by atoms with E-state index in [9.17, 15) is 22.0 Å². The lowest BCUT2D eigenvalue weighted by Crippen LogP contribution is -2.41. The number of aromatic amines is 1. The molecule has 0 unspecified atom stereocenters. The van der Waals surface area contributed by atoms with Gasteiger partial charge in [0.25, 0.3) is 0 Å². The SMILES string of the molecule is CCSc1ccccc1-c1nc2c([nH]1)C=C(C(F)(F)C(F)(F)F)CN2. The topological polar surface area (TPSA) is 40.7 Å². The number of hydrogen-bond donors (Lipinski definition) is 2. The largest absolute Gasteiger partial charge is 0.457 e. The molecule has 3 nitrogen and oxygen atoms in total. The molecule has 2 heterocycles. The fourth-order valence-electron chi connectivity index (χ4n) is 2.49. The highest BCUT2D eigenvalue weighted by molar-refractivity contribution is 7.99. The van der Waals surface area contributed by atoms with Crippen molar-refractivity contribution in [2.24, 2.45) is 0 Å². The zero-order valence-electron chi connectivity index (χ0n) is 13.0. The highest BCUT2D eigenvalue weighted by atomic mass is 32.2. The molecule has 2 N–H and O–H groups in total. The number of aromatic nitrogens is 2. The number of rotatable bonds is 4. The van der Waals surface area contributed by atoms with Crippen LogP contribution in [0.2, 0.25) is 0 Å². The number of anilines is 1. The maximum atomic E-state index is 13.5. The van der Waals surface area contributed by atoms with E-state index < -0.39 is 24.2 Å². The zero-order valence-corrected chi connectivity index (χ0v) is 13.9. The van der Waals surface area contributed by atoms with Crippen molar-refractivity contribution in [1.82, 2.24) is 9.97 Å². The molecule has 1 aliphatic heterocycles. The van der Waals surface area contributed by atoms with Gasteiger partial charge in [0.05, 0.1) is 5.69 Å². The summed E-state index contributed by atoms with van der Waals surface area (Å²) in [5, 5.41) is 2.54. The molecule has 9 heteroatoms. The van der Waals surface area contributed by atoms with Crippen LogP contribution >= 0.6 is 11.8 Å². The minimum Gasteiger partial charge on any atom is -0.364 e. The van der Waals surface area contributed by atoms with Crippen molar-refractivity contribution in [2.45, 2.75) is 23.9 Å². The van der Waals surface area contributed by atoms with Gasteiger partial charge >= 0.3 is 12.1 Å². The first-order chi connectivity index (χ1) is 11.7. The van der Waals surface area contributed by atoms with Gasteiger partial charge in [-0.15, -0.1) is 11.8 Å². The summed E-state index contributed by atoms with van der Waals surface area (Å²) >= 11 is 1.59. The van der Waals surface area contributed by atoms with Crippen LogP contribution in [-0.4, -0.2) is 34.4 Å². The molecule has 3 rings (SSSR count). The predicted octanol–water partition coefficient (Wildman–Crippen LogP) is 5.20. The number of benzene rings is 1. The van der Waals surface area contributed by atoms with Gasteiger partial charge in [0.2, 0.25) is 0 Å². The molecule has 0 amide bonds. The van der Waals surface area contributed by atoms with E-state index >= 15 is 0 Å². The van der Waals surface area contributed by atoms with Crippen LogP contribution in [0.1, 0.15) is 12.6 Å². The predicted molar refractivity (Wildman–Crippen MR) is 87.9 cm³/mol. The van der Waals surface area contributed by atoms with Gasteiger partial charge in [-0.05, 0) is 17.9 Å². The molecule has 0 radical (unpaired) electrons. The molecule has 0 atom stereocenters. The lowest BCUT2D eigenvalue weighted by atomic mass is 10.0. The maximum absolute atomic E-state index is 13.5. The van der Waals surface area contributed by atoms with E-state index in [1.165, 1.54) is 0 Å². The number of thioether (sulfide) groups is 1. The molecule has 0 bridgehead atoms. The number of fused-ring (bicyclic) bond motifs is 1. The second kappa shape index (κ2) is 6.36. The maximum Gasteiger partial charge on any atom is 0.457 e. The van der Waals surface area contributed by atoms with Gasteiger partial charge in [-0.1, -0.05) is 25.1 Å². The van der Waals surface area contributed by atoms with Crippen molar-refractivity contribution >= 4 is 23.7 Å². The molecule has 0 saturated carbocycles. The normalized spacial score (nSPS) is 14.7. The van der Waals surface area contributed by atoms with E-state index in [0.29, 0.717) is 5.82 Å². The highest BCUT2D eigenvalue weighted by Crippen LogP contribution is 2.43. The highest BCUT2D eigenvalue weighted by Gasteiger charge is 2.60. The van der Waals surface area contributed by atoms with Crippen molar-refractivity contribution in [3.05, 3.63) is 35.5 Å². The van der Waals surface area contributed by atoms with E-state index in [1.807, 2.05) is 31.2 Å². The van der Waals surface area contributed by atoms with Crippen LogP contribution in [0.4, 0.5) is 27.8 Å². The first-order valence-corrected chi connectivity index (χ1v) is 8.44. The smallest absolute Gasteiger partial charge is 0.364 e. The first-order valence-electron chi connectivity index (χ1n) is 7.45. The number of hydrogen-bond acceptors (Lipinski definition) is 3. The standard InChI is InChI=1S/C16H14F5N3S/c1-2-25-12-6-4-3-5-10(12)13-23-11-7-9(8-22-14(11)24-13)15(17,18)16(19,20)21/h3-7,22H,2,8H2,1H3,(H,23,24). The van der Waals surface area contributed by atoms with Crippen LogP contribution in [0.5, 0.6) is 0 Å². The molecule has 25 heavy (non-hydrogen) atoms. The molecule has 0 fully saturated rings. The fraction of sp³-hybridized carbons (Fsp3) is 0.312. The van der Waals surface area contributed by atoms with Gasteiger partial charge in [-0.2, -0.15) is 22.0 Å². The average Bonchev–Trinajstić information content (AvgIpc) is 2.97. The van der Waals surface area contributed by atoms with E-state index in [2.05, 4.69) is 15.3 Å². The van der Waals surface area contributed by atoms with Gasteiger partial charge < -0.3 is 10.3 Å². The van der Waals surface area contributed by atoms with E-state index in [4.69, 9.17) is 0 Å². The van der Waals surface area contributed by atoms with E-state index in [0.717, 1.165) is 22.3 Å². The number of alkyl halides is 5. The van der Waals surface area contributed by atoms with Crippen LogP contribution in [0.25, 0.3) is 17.5 Å². The first kappa shape index (κ1) is 17.8. The molecule has 134 valence electrons. The number of nitrogens with one attached hydrogen (secondary N) is 2. The van der Waals surface area contributed by atoms with Crippen LogP contribution in [0, 0.1) is 0 Å². The monoisotopic (exact) mass is 375 g/mol. The van der Waals surface area contributed by atoms with E-state index in [-0.39, 0.29) is 11.5 Å². The van der Waals surface area contributed by atoms with Crippen molar-refractivity contribution in [2.75, 3.05) is 17.6 Å². The molecular formula is C16H14F5N3S. The number of halogens is 5. The van der Waals surface area contributed by atoms with Gasteiger partial charge in [0, 0.05) is 22.6 Å². The summed E-state index contributed by atoms with van der Waals surface area (Å²) in [6.45, 7) is 1.37. The van der Waals surface area contributed by atoms with Gasteiger partial charge in [0.15, 0.2) is 5.82 Å². The Morgan fingerprint density at radius 2 is 1.88 bits per heavy atom. The van der Waals surface area contributed by atoms with Crippen molar-refractivity contribution in [1.29, 1.82) is 0 Å². The van der Waals surface area contributed by atoms with Crippen molar-refractivity contribution in [3.63, 3.8) is 0 Å². The molecule has 0 saturated heterocycles. The lowest BCUT2D eigenvalue weighted by molar-refractivity contribution is -0.263. The zero-order chi connectivity index (χ0) is 18.2. The Balaban J connectivity index is 2.00. The molecule has 2 aromatic rings. The summed E-state index contributed by atoms with van der Waals surface area (Å²) in [4.78, 5) is 8.08. The quantitative estimate of drug-likeness (QED) is 0.570. The summed E-state index contributed by atoms with van der Waals surface area (Å²) in [6.07, 6.45) is -4.81. The summed E-state index contributed by atoms with van der Waals surface area (Å²) in [5.41, 5.74) is -0.168. The fourth-order valence-corrected chi connectivity index (χ4v) is 3.29. The van der Waals surface area contributed by atoms with Gasteiger partial charge in [-0.3, -0.25) is 0 Å². The lowest BCUT2D eigenvalue weighted by Gasteiger charge is -2.25. The Morgan fingerprint density at radius 3 is 2.56 bits per heavy atom. The van der Waals surface area contributed by atoms with Crippen molar-refractivity contribution in [3.8, 4) is 11.4 Å².